The van der Waals surface area contributed by atoms with Crippen LogP contribution in [-0.4, -0.2) is 89.3 Å². The van der Waals surface area contributed by atoms with E-state index in [1.165, 1.54) is 34.5 Å². The molecule has 14 heteroatoms. The molecule has 0 fully saturated rings. The number of carbonyl (C=O) groups is 6. The number of ketones is 2. The summed E-state index contributed by atoms with van der Waals surface area (Å²) in [6.07, 6.45) is 5.85. The molecule has 13 nitrogen and oxygen atoms in total. The molecule has 3 aromatic carbocycles. The van der Waals surface area contributed by atoms with Gasteiger partial charge in [-0.15, -0.1) is 0 Å². The number of carbonyl (C=O) groups excluding carboxylic acids is 6. The molecule has 0 N–H and O–H groups in total. The van der Waals surface area contributed by atoms with Gasteiger partial charge in [-0.1, -0.05) is 82.2 Å². The Bertz CT molecular complexity index is 2040. The standard InChI is InChI=1S/C49H59FO13/c1-8-9-10-11-12-13-35-14-20-41(42(50)26-35)37-17-21-40(38(27-37)28-59-45(53)33(2)3)36-15-18-39(19-16-36)60-29-49(30-61-46(54)34(4)5,31-62-47(55)43(51)22-24-57-6)32-63-48(56)44(52)23-25-58-7/h14-21,26-27H,2,4,8-13,22-25,28-32H2,1,3,5-7H3. The summed E-state index contributed by atoms with van der Waals surface area (Å²) in [4.78, 5) is 75.1. The Hall–Kier alpha value is -5.99. The van der Waals surface area contributed by atoms with Crippen molar-refractivity contribution in [3.63, 3.8) is 0 Å². The fraction of sp³-hybridized carbons (Fsp3) is 0.429. The van der Waals surface area contributed by atoms with Crippen LogP contribution in [0.5, 0.6) is 5.75 Å². The maximum Gasteiger partial charge on any atom is 0.374 e. The Morgan fingerprint density at radius 1 is 0.603 bits per heavy atom. The third-order valence-electron chi connectivity index (χ3n) is 9.83. The summed E-state index contributed by atoms with van der Waals surface area (Å²) >= 11 is 0. The summed E-state index contributed by atoms with van der Waals surface area (Å²) in [6.45, 7) is 9.94. The van der Waals surface area contributed by atoms with E-state index >= 15 is 4.39 Å². The minimum absolute atomic E-state index is 0.0351. The second-order valence-corrected chi connectivity index (χ2v) is 15.4. The van der Waals surface area contributed by atoms with Crippen molar-refractivity contribution in [3.8, 4) is 28.0 Å². The summed E-state index contributed by atoms with van der Waals surface area (Å²) in [6, 6.07) is 17.4. The molecule has 0 unspecified atom stereocenters. The fourth-order valence-electron chi connectivity index (χ4n) is 6.06. The van der Waals surface area contributed by atoms with Gasteiger partial charge in [-0.05, 0) is 78.8 Å². The Morgan fingerprint density at radius 3 is 1.67 bits per heavy atom. The van der Waals surface area contributed by atoms with Gasteiger partial charge in [0.15, 0.2) is 0 Å². The molecule has 63 heavy (non-hydrogen) atoms. The maximum atomic E-state index is 15.6. The molecule has 0 aliphatic heterocycles. The van der Waals surface area contributed by atoms with Crippen LogP contribution in [0.4, 0.5) is 4.39 Å². The minimum Gasteiger partial charge on any atom is -0.493 e. The maximum absolute atomic E-state index is 15.6. The van der Waals surface area contributed by atoms with Crippen molar-refractivity contribution in [2.24, 2.45) is 5.41 Å². The van der Waals surface area contributed by atoms with Gasteiger partial charge >= 0.3 is 23.9 Å². The van der Waals surface area contributed by atoms with E-state index in [4.69, 9.17) is 33.2 Å². The number of unbranched alkanes of at least 4 members (excludes halogenated alkanes) is 4. The van der Waals surface area contributed by atoms with Crippen molar-refractivity contribution >= 4 is 35.4 Å². The van der Waals surface area contributed by atoms with E-state index in [-0.39, 0.29) is 55.4 Å². The van der Waals surface area contributed by atoms with Crippen molar-refractivity contribution < 1.29 is 66.3 Å². The number of hydrogen-bond acceptors (Lipinski definition) is 13. The first-order chi connectivity index (χ1) is 30.1. The lowest BCUT2D eigenvalue weighted by atomic mass is 9.92. The van der Waals surface area contributed by atoms with Crippen LogP contribution < -0.4 is 4.74 Å². The molecule has 0 amide bonds. The highest BCUT2D eigenvalue weighted by molar-refractivity contribution is 6.34. The molecule has 0 saturated heterocycles. The van der Waals surface area contributed by atoms with Gasteiger partial charge in [0.05, 0.1) is 13.2 Å². The molecule has 340 valence electrons. The quantitative estimate of drug-likeness (QED) is 0.0216. The number of aryl methyl sites for hydroxylation is 1. The molecule has 3 rings (SSSR count). The Kier molecular flexibility index (Phi) is 21.6. The molecular formula is C49H59FO13. The van der Waals surface area contributed by atoms with E-state index in [0.29, 0.717) is 27.8 Å². The Morgan fingerprint density at radius 2 is 1.13 bits per heavy atom. The zero-order valence-corrected chi connectivity index (χ0v) is 37.0. The molecule has 0 atom stereocenters. The second kappa shape index (κ2) is 26.5. The van der Waals surface area contributed by atoms with Crippen LogP contribution in [0.3, 0.4) is 0 Å². The van der Waals surface area contributed by atoms with Gasteiger partial charge in [-0.3, -0.25) is 9.59 Å². The normalized spacial score (nSPS) is 11.0. The zero-order valence-electron chi connectivity index (χ0n) is 37.0. The van der Waals surface area contributed by atoms with E-state index in [1.54, 1.807) is 48.5 Å². The zero-order chi connectivity index (χ0) is 46.4. The predicted octanol–water partition coefficient (Wildman–Crippen LogP) is 8.07. The number of hydrogen-bond donors (Lipinski definition) is 0. The number of esters is 4. The minimum atomic E-state index is -1.63. The molecule has 0 aliphatic rings. The average molecular weight is 875 g/mol. The van der Waals surface area contributed by atoms with Crippen LogP contribution in [-0.2, 0) is 70.2 Å². The van der Waals surface area contributed by atoms with Crippen molar-refractivity contribution in [1.82, 2.24) is 0 Å². The fourth-order valence-corrected chi connectivity index (χ4v) is 6.06. The third kappa shape index (κ3) is 17.0. The Labute approximate surface area is 368 Å². The molecule has 0 aliphatic carbocycles. The highest BCUT2D eigenvalue weighted by atomic mass is 19.1. The summed E-state index contributed by atoms with van der Waals surface area (Å²) in [5.74, 6) is -5.67. The summed E-state index contributed by atoms with van der Waals surface area (Å²) < 4.78 is 53.1. The molecular weight excluding hydrogens is 816 g/mol. The number of halogens is 1. The summed E-state index contributed by atoms with van der Waals surface area (Å²) in [5, 5.41) is 0. The Balaban J connectivity index is 1.94. The van der Waals surface area contributed by atoms with E-state index < -0.39 is 67.3 Å². The first-order valence-electron chi connectivity index (χ1n) is 20.8. The van der Waals surface area contributed by atoms with E-state index in [2.05, 4.69) is 20.1 Å². The number of methoxy groups -OCH3 is 2. The topological polar surface area (TPSA) is 167 Å². The van der Waals surface area contributed by atoms with Gasteiger partial charge in [-0.25, -0.2) is 23.6 Å². The van der Waals surface area contributed by atoms with Crippen LogP contribution in [0.15, 0.2) is 85.0 Å². The highest BCUT2D eigenvalue weighted by Gasteiger charge is 2.39. The SMILES string of the molecule is C=C(C)C(=O)OCc1cc(-c2ccc(CCCCCCC)cc2F)ccc1-c1ccc(OCC(COC(=O)C(=C)C)(COC(=O)C(=O)CCOC)COC(=O)C(=O)CCOC)cc1. The van der Waals surface area contributed by atoms with Gasteiger partial charge in [-0.2, -0.15) is 0 Å². The van der Waals surface area contributed by atoms with Gasteiger partial charge in [0.2, 0.25) is 11.6 Å². The number of Topliss-reactive ketones (excluding diaryl/α,β-unsaturated/α-hetero) is 2. The molecule has 0 heterocycles. The van der Waals surface area contributed by atoms with Gasteiger partial charge < -0.3 is 33.2 Å². The molecule has 0 saturated carbocycles. The second-order valence-electron chi connectivity index (χ2n) is 15.4. The largest absolute Gasteiger partial charge is 0.493 e. The highest BCUT2D eigenvalue weighted by Crippen LogP contribution is 2.33. The average Bonchev–Trinajstić information content (AvgIpc) is 3.28. The van der Waals surface area contributed by atoms with Gasteiger partial charge in [0.25, 0.3) is 0 Å². The van der Waals surface area contributed by atoms with E-state index in [0.717, 1.165) is 37.7 Å². The third-order valence-corrected chi connectivity index (χ3v) is 9.83. The van der Waals surface area contributed by atoms with Crippen molar-refractivity contribution in [2.45, 2.75) is 78.7 Å². The van der Waals surface area contributed by atoms with Crippen LogP contribution in [0.2, 0.25) is 0 Å². The summed E-state index contributed by atoms with van der Waals surface area (Å²) in [5.41, 5.74) is 2.52. The lowest BCUT2D eigenvalue weighted by Crippen LogP contribution is -2.45. The number of rotatable bonds is 29. The van der Waals surface area contributed by atoms with Crippen LogP contribution in [0.1, 0.15) is 76.8 Å². The van der Waals surface area contributed by atoms with Crippen molar-refractivity contribution in [3.05, 3.63) is 102 Å². The van der Waals surface area contributed by atoms with E-state index in [1.807, 2.05) is 12.1 Å². The van der Waals surface area contributed by atoms with Crippen LogP contribution in [0, 0.1) is 11.2 Å². The lowest BCUT2D eigenvalue weighted by molar-refractivity contribution is -0.169. The molecule has 0 radical (unpaired) electrons. The first kappa shape index (κ1) is 51.4. The monoisotopic (exact) mass is 874 g/mol. The lowest BCUT2D eigenvalue weighted by Gasteiger charge is -2.31. The van der Waals surface area contributed by atoms with E-state index in [9.17, 15) is 28.8 Å². The molecule has 0 bridgehead atoms. The van der Waals surface area contributed by atoms with Crippen molar-refractivity contribution in [1.29, 1.82) is 0 Å². The number of ether oxygens (including phenoxy) is 7. The van der Waals surface area contributed by atoms with Gasteiger partial charge in [0, 0.05) is 43.8 Å². The van der Waals surface area contributed by atoms with Crippen LogP contribution in [0.25, 0.3) is 22.3 Å². The number of benzene rings is 3. The van der Waals surface area contributed by atoms with Crippen molar-refractivity contribution in [2.75, 3.05) is 53.9 Å². The van der Waals surface area contributed by atoms with Gasteiger partial charge in [0.1, 0.15) is 50.0 Å². The molecule has 3 aromatic rings. The smallest absolute Gasteiger partial charge is 0.374 e. The molecule has 0 spiro atoms. The van der Waals surface area contributed by atoms with Crippen LogP contribution >= 0.6 is 0 Å². The molecule has 0 aromatic heterocycles. The predicted molar refractivity (Wildman–Crippen MR) is 233 cm³/mol. The first-order valence-corrected chi connectivity index (χ1v) is 20.8. The summed E-state index contributed by atoms with van der Waals surface area (Å²) in [7, 11) is 2.72.